The van der Waals surface area contributed by atoms with Crippen molar-refractivity contribution < 1.29 is 14.0 Å². The van der Waals surface area contributed by atoms with E-state index >= 15 is 0 Å². The van der Waals surface area contributed by atoms with Crippen molar-refractivity contribution in [2.24, 2.45) is 5.92 Å². The molecule has 0 saturated carbocycles. The van der Waals surface area contributed by atoms with Crippen molar-refractivity contribution in [2.45, 2.75) is 25.5 Å². The number of amides is 2. The molecule has 154 valence electrons. The van der Waals surface area contributed by atoms with Crippen molar-refractivity contribution >= 4 is 23.6 Å². The molecular formula is C23H27FN2O2S. The number of likely N-dealkylation sites (tertiary alicyclic amines) is 1. The third-order valence-electron chi connectivity index (χ3n) is 5.23. The topological polar surface area (TPSA) is 49.4 Å². The number of piperidine rings is 1. The maximum absolute atomic E-state index is 13.6. The summed E-state index contributed by atoms with van der Waals surface area (Å²) in [6.07, 6.45) is 1.39. The molecule has 0 unspecified atom stereocenters. The number of urea groups is 1. The molecular weight excluding hydrogens is 387 g/mol. The van der Waals surface area contributed by atoms with Crippen molar-refractivity contribution in [2.75, 3.05) is 25.4 Å². The zero-order chi connectivity index (χ0) is 20.6. The lowest BCUT2D eigenvalue weighted by Gasteiger charge is -2.31. The lowest BCUT2D eigenvalue weighted by Crippen LogP contribution is -2.46. The number of halogens is 1. The average Bonchev–Trinajstić information content (AvgIpc) is 2.75. The summed E-state index contributed by atoms with van der Waals surface area (Å²) in [6, 6.07) is 14.4. The third kappa shape index (κ3) is 6.07. The molecule has 2 amide bonds. The molecule has 0 aliphatic carbocycles. The van der Waals surface area contributed by atoms with E-state index < -0.39 is 0 Å². The summed E-state index contributed by atoms with van der Waals surface area (Å²) in [7, 11) is 0. The van der Waals surface area contributed by atoms with E-state index in [2.05, 4.69) is 5.32 Å². The summed E-state index contributed by atoms with van der Waals surface area (Å²) in [5, 5.41) is 2.92. The number of carbonyl (C=O) groups excluding carboxylic acids is 2. The molecule has 1 aliphatic rings. The minimum Gasteiger partial charge on any atom is -0.337 e. The SMILES string of the molecule is Cc1ccc(C(=O)C2CCN(C(=O)NCCSCc3ccccc3F)CC2)cc1. The second-order valence-electron chi connectivity index (χ2n) is 7.37. The second-order valence-corrected chi connectivity index (χ2v) is 8.47. The van der Waals surface area contributed by atoms with Crippen molar-refractivity contribution in [3.63, 3.8) is 0 Å². The summed E-state index contributed by atoms with van der Waals surface area (Å²) < 4.78 is 13.6. The smallest absolute Gasteiger partial charge is 0.317 e. The van der Waals surface area contributed by atoms with Crippen LogP contribution in [-0.2, 0) is 5.75 Å². The van der Waals surface area contributed by atoms with Gasteiger partial charge in [0.05, 0.1) is 0 Å². The van der Waals surface area contributed by atoms with Crippen LogP contribution in [0.25, 0.3) is 0 Å². The number of benzene rings is 2. The quantitative estimate of drug-likeness (QED) is 0.529. The summed E-state index contributed by atoms with van der Waals surface area (Å²) in [5.74, 6) is 1.29. The van der Waals surface area contributed by atoms with Crippen LogP contribution in [0.3, 0.4) is 0 Å². The van der Waals surface area contributed by atoms with Crippen LogP contribution in [0.5, 0.6) is 0 Å². The molecule has 0 radical (unpaired) electrons. The Bertz CT molecular complexity index is 833. The summed E-state index contributed by atoms with van der Waals surface area (Å²) in [6.45, 7) is 3.73. The van der Waals surface area contributed by atoms with Gasteiger partial charge < -0.3 is 10.2 Å². The van der Waals surface area contributed by atoms with E-state index in [1.165, 1.54) is 6.07 Å². The van der Waals surface area contributed by atoms with Crippen LogP contribution in [0.4, 0.5) is 9.18 Å². The number of carbonyl (C=O) groups is 2. The van der Waals surface area contributed by atoms with E-state index in [0.717, 1.165) is 16.9 Å². The molecule has 29 heavy (non-hydrogen) atoms. The maximum atomic E-state index is 13.6. The predicted octanol–water partition coefficient (Wildman–Crippen LogP) is 4.67. The van der Waals surface area contributed by atoms with Gasteiger partial charge in [0, 0.05) is 42.6 Å². The molecule has 2 aromatic carbocycles. The molecule has 4 nitrogen and oxygen atoms in total. The van der Waals surface area contributed by atoms with Crippen LogP contribution in [0.15, 0.2) is 48.5 Å². The van der Waals surface area contributed by atoms with Crippen LogP contribution < -0.4 is 5.32 Å². The number of thioether (sulfide) groups is 1. The van der Waals surface area contributed by atoms with Gasteiger partial charge in [-0.1, -0.05) is 48.0 Å². The largest absolute Gasteiger partial charge is 0.337 e. The van der Waals surface area contributed by atoms with Gasteiger partial charge in [0.15, 0.2) is 5.78 Å². The van der Waals surface area contributed by atoms with Crippen LogP contribution in [0, 0.1) is 18.7 Å². The van der Waals surface area contributed by atoms with E-state index in [0.29, 0.717) is 43.8 Å². The van der Waals surface area contributed by atoms with Gasteiger partial charge >= 0.3 is 6.03 Å². The Kier molecular flexibility index (Phi) is 7.69. The molecule has 1 saturated heterocycles. The summed E-state index contributed by atoms with van der Waals surface area (Å²) in [4.78, 5) is 26.7. The average molecular weight is 415 g/mol. The first-order valence-electron chi connectivity index (χ1n) is 9.99. The molecule has 1 heterocycles. The standard InChI is InChI=1S/C23H27FN2O2S/c1-17-6-8-18(9-7-17)22(27)19-10-13-26(14-11-19)23(28)25-12-15-29-16-20-4-2-3-5-21(20)24/h2-9,19H,10-16H2,1H3,(H,25,28). The Morgan fingerprint density at radius 2 is 1.79 bits per heavy atom. The van der Waals surface area contributed by atoms with Gasteiger partial charge in [-0.2, -0.15) is 11.8 Å². The van der Waals surface area contributed by atoms with E-state index in [-0.39, 0.29) is 23.5 Å². The minimum atomic E-state index is -0.188. The molecule has 0 atom stereocenters. The number of nitrogens with zero attached hydrogens (tertiary/aromatic N) is 1. The van der Waals surface area contributed by atoms with Crippen molar-refractivity contribution in [3.05, 3.63) is 71.0 Å². The first kappa shape index (κ1) is 21.4. The zero-order valence-corrected chi connectivity index (χ0v) is 17.5. The third-order valence-corrected chi connectivity index (χ3v) is 6.24. The van der Waals surface area contributed by atoms with Crippen LogP contribution in [-0.4, -0.2) is 42.1 Å². The zero-order valence-electron chi connectivity index (χ0n) is 16.7. The molecule has 3 rings (SSSR count). The normalized spacial score (nSPS) is 14.6. The number of ketones is 1. The van der Waals surface area contributed by atoms with Crippen molar-refractivity contribution in [3.8, 4) is 0 Å². The van der Waals surface area contributed by atoms with Gasteiger partial charge in [0.25, 0.3) is 0 Å². The van der Waals surface area contributed by atoms with Gasteiger partial charge in [0.2, 0.25) is 0 Å². The van der Waals surface area contributed by atoms with E-state index in [1.54, 1.807) is 28.8 Å². The Morgan fingerprint density at radius 3 is 2.48 bits per heavy atom. The molecule has 1 N–H and O–H groups in total. The molecule has 0 aromatic heterocycles. The van der Waals surface area contributed by atoms with Crippen LogP contribution in [0.1, 0.15) is 34.3 Å². The highest BCUT2D eigenvalue weighted by atomic mass is 32.2. The Balaban J connectivity index is 1.35. The highest BCUT2D eigenvalue weighted by molar-refractivity contribution is 7.98. The Hall–Kier alpha value is -2.34. The lowest BCUT2D eigenvalue weighted by molar-refractivity contribution is 0.0855. The molecule has 6 heteroatoms. The second kappa shape index (κ2) is 10.4. The minimum absolute atomic E-state index is 0.0157. The number of nitrogens with one attached hydrogen (secondary N) is 1. The molecule has 2 aromatic rings. The highest BCUT2D eigenvalue weighted by Gasteiger charge is 2.27. The molecule has 0 bridgehead atoms. The Morgan fingerprint density at radius 1 is 1.10 bits per heavy atom. The van der Waals surface area contributed by atoms with E-state index in [1.807, 2.05) is 37.3 Å². The summed E-state index contributed by atoms with van der Waals surface area (Å²) >= 11 is 1.59. The molecule has 0 spiro atoms. The number of Topliss-reactive ketones (excluding diaryl/α,β-unsaturated/α-hetero) is 1. The van der Waals surface area contributed by atoms with E-state index in [4.69, 9.17) is 0 Å². The molecule has 1 aliphatic heterocycles. The summed E-state index contributed by atoms with van der Waals surface area (Å²) in [5.41, 5.74) is 2.58. The highest BCUT2D eigenvalue weighted by Crippen LogP contribution is 2.22. The number of hydrogen-bond acceptors (Lipinski definition) is 3. The molecule has 1 fully saturated rings. The Labute approximate surface area is 175 Å². The number of rotatable bonds is 7. The number of hydrogen-bond donors (Lipinski definition) is 1. The fourth-order valence-corrected chi connectivity index (χ4v) is 4.28. The van der Waals surface area contributed by atoms with Crippen molar-refractivity contribution in [1.29, 1.82) is 0 Å². The van der Waals surface area contributed by atoms with Crippen LogP contribution >= 0.6 is 11.8 Å². The first-order valence-corrected chi connectivity index (χ1v) is 11.1. The van der Waals surface area contributed by atoms with Crippen molar-refractivity contribution in [1.82, 2.24) is 10.2 Å². The maximum Gasteiger partial charge on any atom is 0.317 e. The predicted molar refractivity (Wildman–Crippen MR) is 116 cm³/mol. The monoisotopic (exact) mass is 414 g/mol. The number of aryl methyl sites for hydroxylation is 1. The van der Waals surface area contributed by atoms with Gasteiger partial charge in [-0.3, -0.25) is 4.79 Å². The van der Waals surface area contributed by atoms with Gasteiger partial charge in [-0.05, 0) is 31.4 Å². The van der Waals surface area contributed by atoms with Crippen LogP contribution in [0.2, 0.25) is 0 Å². The fraction of sp³-hybridized carbons (Fsp3) is 0.391. The fourth-order valence-electron chi connectivity index (χ4n) is 3.44. The van der Waals surface area contributed by atoms with Gasteiger partial charge in [0.1, 0.15) is 5.82 Å². The van der Waals surface area contributed by atoms with Gasteiger partial charge in [-0.25, -0.2) is 9.18 Å². The van der Waals surface area contributed by atoms with E-state index in [9.17, 15) is 14.0 Å². The lowest BCUT2D eigenvalue weighted by atomic mass is 9.89. The van der Waals surface area contributed by atoms with Gasteiger partial charge in [-0.15, -0.1) is 0 Å². The first-order chi connectivity index (χ1) is 14.0.